The van der Waals surface area contributed by atoms with E-state index in [1.807, 2.05) is 0 Å². The van der Waals surface area contributed by atoms with Gasteiger partial charge in [-0.15, -0.1) is 0 Å². The average Bonchev–Trinajstić information content (AvgIpc) is 2.11. The zero-order valence-electron chi connectivity index (χ0n) is 9.50. The van der Waals surface area contributed by atoms with E-state index in [1.54, 1.807) is 20.8 Å². The number of hydrogen-bond acceptors (Lipinski definition) is 4. The monoisotopic (exact) mass is 226 g/mol. The van der Waals surface area contributed by atoms with Gasteiger partial charge in [-0.3, -0.25) is 0 Å². The molecule has 0 bridgehead atoms. The van der Waals surface area contributed by atoms with Crippen LogP contribution in [-0.4, -0.2) is 11.6 Å². The molecule has 0 aromatic heterocycles. The Morgan fingerprint density at radius 1 is 1.25 bits per heavy atom. The summed E-state index contributed by atoms with van der Waals surface area (Å²) in [5.41, 5.74) is 10.0. The number of carbonyl (C=O) groups excluding carboxylic acids is 1. The summed E-state index contributed by atoms with van der Waals surface area (Å²) in [6.45, 7) is 5.19. The van der Waals surface area contributed by atoms with E-state index in [0.717, 1.165) is 6.07 Å². The Kier molecular flexibility index (Phi) is 3.07. The van der Waals surface area contributed by atoms with Gasteiger partial charge in [-0.05, 0) is 32.9 Å². The smallest absolute Gasteiger partial charge is 0.340 e. The van der Waals surface area contributed by atoms with Crippen LogP contribution < -0.4 is 11.5 Å². The SMILES string of the molecule is CC(C)(C)OC(=O)c1ccc(F)c(N)c1N. The molecule has 0 saturated heterocycles. The molecule has 88 valence electrons. The maximum atomic E-state index is 13.0. The van der Waals surface area contributed by atoms with E-state index >= 15 is 0 Å². The normalized spacial score (nSPS) is 11.2. The van der Waals surface area contributed by atoms with E-state index < -0.39 is 17.4 Å². The standard InChI is InChI=1S/C11H15FN2O2/c1-11(2,3)16-10(15)6-4-5-7(12)9(14)8(6)13/h4-5H,13-14H2,1-3H3. The summed E-state index contributed by atoms with van der Waals surface area (Å²) in [4.78, 5) is 11.7. The van der Waals surface area contributed by atoms with Gasteiger partial charge < -0.3 is 16.2 Å². The van der Waals surface area contributed by atoms with Crippen LogP contribution in [0.3, 0.4) is 0 Å². The van der Waals surface area contributed by atoms with Crippen LogP contribution in [-0.2, 0) is 4.74 Å². The van der Waals surface area contributed by atoms with Gasteiger partial charge in [0.15, 0.2) is 0 Å². The summed E-state index contributed by atoms with van der Waals surface area (Å²) in [6.07, 6.45) is 0. The van der Waals surface area contributed by atoms with Crippen molar-refractivity contribution in [3.05, 3.63) is 23.5 Å². The number of hydrogen-bond donors (Lipinski definition) is 2. The van der Waals surface area contributed by atoms with Gasteiger partial charge in [-0.1, -0.05) is 0 Å². The van der Waals surface area contributed by atoms with Crippen LogP contribution in [0.2, 0.25) is 0 Å². The van der Waals surface area contributed by atoms with Gasteiger partial charge in [0.1, 0.15) is 11.4 Å². The topological polar surface area (TPSA) is 78.3 Å². The van der Waals surface area contributed by atoms with Crippen LogP contribution in [0.25, 0.3) is 0 Å². The molecule has 0 amide bonds. The fourth-order valence-electron chi connectivity index (χ4n) is 1.12. The number of rotatable bonds is 1. The third kappa shape index (κ3) is 2.62. The van der Waals surface area contributed by atoms with Crippen molar-refractivity contribution < 1.29 is 13.9 Å². The molecular weight excluding hydrogens is 211 g/mol. The van der Waals surface area contributed by atoms with E-state index in [9.17, 15) is 9.18 Å². The third-order valence-electron chi connectivity index (χ3n) is 1.85. The van der Waals surface area contributed by atoms with Crippen LogP contribution in [0.5, 0.6) is 0 Å². The summed E-state index contributed by atoms with van der Waals surface area (Å²) in [7, 11) is 0. The number of nitrogen functional groups attached to an aromatic ring is 2. The zero-order chi connectivity index (χ0) is 12.5. The molecule has 0 atom stereocenters. The highest BCUT2D eigenvalue weighted by Gasteiger charge is 2.21. The number of anilines is 2. The molecule has 1 aromatic rings. The minimum Gasteiger partial charge on any atom is -0.456 e. The van der Waals surface area contributed by atoms with Gasteiger partial charge in [0, 0.05) is 0 Å². The molecule has 0 aliphatic heterocycles. The van der Waals surface area contributed by atoms with Crippen LogP contribution in [0.15, 0.2) is 12.1 Å². The molecular formula is C11H15FN2O2. The Balaban J connectivity index is 3.06. The van der Waals surface area contributed by atoms with Gasteiger partial charge in [-0.25, -0.2) is 9.18 Å². The van der Waals surface area contributed by atoms with Gasteiger partial charge in [0.2, 0.25) is 0 Å². The van der Waals surface area contributed by atoms with Crippen molar-refractivity contribution in [2.75, 3.05) is 11.5 Å². The number of nitrogens with two attached hydrogens (primary N) is 2. The summed E-state index contributed by atoms with van der Waals surface area (Å²) in [5, 5.41) is 0. The lowest BCUT2D eigenvalue weighted by Gasteiger charge is -2.20. The molecule has 1 rings (SSSR count). The fraction of sp³-hybridized carbons (Fsp3) is 0.364. The first-order valence-electron chi connectivity index (χ1n) is 4.79. The molecule has 5 heteroatoms. The van der Waals surface area contributed by atoms with Crippen molar-refractivity contribution in [1.29, 1.82) is 0 Å². The molecule has 0 unspecified atom stereocenters. The van der Waals surface area contributed by atoms with E-state index in [-0.39, 0.29) is 16.9 Å². The van der Waals surface area contributed by atoms with Crippen molar-refractivity contribution in [2.24, 2.45) is 0 Å². The van der Waals surface area contributed by atoms with Crippen molar-refractivity contribution in [3.63, 3.8) is 0 Å². The first-order chi connectivity index (χ1) is 7.22. The number of esters is 1. The Hall–Kier alpha value is -1.78. The highest BCUT2D eigenvalue weighted by atomic mass is 19.1. The average molecular weight is 226 g/mol. The molecule has 0 spiro atoms. The largest absolute Gasteiger partial charge is 0.456 e. The third-order valence-corrected chi connectivity index (χ3v) is 1.85. The van der Waals surface area contributed by atoms with E-state index in [2.05, 4.69) is 0 Å². The van der Waals surface area contributed by atoms with E-state index in [4.69, 9.17) is 16.2 Å². The number of halogens is 1. The first-order valence-corrected chi connectivity index (χ1v) is 4.79. The minimum atomic E-state index is -0.648. The molecule has 1 aromatic carbocycles. The number of carbonyl (C=O) groups is 1. The predicted molar refractivity (Wildman–Crippen MR) is 60.4 cm³/mol. The highest BCUT2D eigenvalue weighted by Crippen LogP contribution is 2.25. The second kappa shape index (κ2) is 4.00. The Morgan fingerprint density at radius 2 is 1.81 bits per heavy atom. The lowest BCUT2D eigenvalue weighted by atomic mass is 10.1. The summed E-state index contributed by atoms with van der Waals surface area (Å²) in [6, 6.07) is 2.35. The Labute approximate surface area is 93.4 Å². The molecule has 0 fully saturated rings. The maximum absolute atomic E-state index is 13.0. The van der Waals surface area contributed by atoms with Crippen LogP contribution >= 0.6 is 0 Å². The van der Waals surface area contributed by atoms with Gasteiger partial charge >= 0.3 is 5.97 Å². The Bertz CT molecular complexity index is 425. The predicted octanol–water partition coefficient (Wildman–Crippen LogP) is 1.95. The lowest BCUT2D eigenvalue weighted by molar-refractivity contribution is 0.00708. The molecule has 4 nitrogen and oxygen atoms in total. The highest BCUT2D eigenvalue weighted by molar-refractivity contribution is 5.98. The van der Waals surface area contributed by atoms with Crippen molar-refractivity contribution in [1.82, 2.24) is 0 Å². The molecule has 0 aliphatic rings. The van der Waals surface area contributed by atoms with Crippen LogP contribution in [0, 0.1) is 5.82 Å². The molecule has 0 heterocycles. The van der Waals surface area contributed by atoms with E-state index in [0.29, 0.717) is 0 Å². The van der Waals surface area contributed by atoms with Crippen molar-refractivity contribution in [2.45, 2.75) is 26.4 Å². The molecule has 4 N–H and O–H groups in total. The van der Waals surface area contributed by atoms with Crippen molar-refractivity contribution in [3.8, 4) is 0 Å². The summed E-state index contributed by atoms with van der Waals surface area (Å²) >= 11 is 0. The quantitative estimate of drug-likeness (QED) is 0.566. The van der Waals surface area contributed by atoms with Gasteiger partial charge in [-0.2, -0.15) is 0 Å². The van der Waals surface area contributed by atoms with E-state index in [1.165, 1.54) is 6.07 Å². The molecule has 0 saturated carbocycles. The second-order valence-corrected chi connectivity index (χ2v) is 4.42. The number of benzene rings is 1. The summed E-state index contributed by atoms with van der Waals surface area (Å²) < 4.78 is 18.1. The van der Waals surface area contributed by atoms with Gasteiger partial charge in [0.05, 0.1) is 16.9 Å². The first kappa shape index (κ1) is 12.3. The van der Waals surface area contributed by atoms with Crippen LogP contribution in [0.1, 0.15) is 31.1 Å². The minimum absolute atomic E-state index is 0.0776. The molecule has 0 radical (unpaired) electrons. The lowest BCUT2D eigenvalue weighted by Crippen LogP contribution is -2.24. The maximum Gasteiger partial charge on any atom is 0.340 e. The summed E-state index contributed by atoms with van der Waals surface area (Å²) in [5.74, 6) is -1.26. The van der Waals surface area contributed by atoms with Crippen LogP contribution in [0.4, 0.5) is 15.8 Å². The molecule has 16 heavy (non-hydrogen) atoms. The second-order valence-electron chi connectivity index (χ2n) is 4.42. The molecule has 0 aliphatic carbocycles. The number of ether oxygens (including phenoxy) is 1. The fourth-order valence-corrected chi connectivity index (χ4v) is 1.12. The van der Waals surface area contributed by atoms with Crippen molar-refractivity contribution >= 4 is 17.3 Å². The zero-order valence-corrected chi connectivity index (χ0v) is 9.50. The van der Waals surface area contributed by atoms with Gasteiger partial charge in [0.25, 0.3) is 0 Å². The Morgan fingerprint density at radius 3 is 2.31 bits per heavy atom.